The number of amides is 1. The van der Waals surface area contributed by atoms with Crippen LogP contribution < -0.4 is 20.1 Å². The number of nitrogens with one attached hydrogen (secondary N) is 2. The number of benzene rings is 2. The molecule has 1 amide bonds. The Balaban J connectivity index is 2.11. The molecule has 2 aromatic carbocycles. The number of hydrogen-bond acceptors (Lipinski definition) is 6. The van der Waals surface area contributed by atoms with Crippen LogP contribution in [0.4, 0.5) is 11.4 Å². The van der Waals surface area contributed by atoms with Gasteiger partial charge in [-0.3, -0.25) is 4.79 Å². The minimum atomic E-state index is -0.548. The normalized spacial score (nSPS) is 10.4. The van der Waals surface area contributed by atoms with Crippen molar-refractivity contribution in [1.82, 2.24) is 0 Å². The van der Waals surface area contributed by atoms with Gasteiger partial charge < -0.3 is 24.8 Å². The van der Waals surface area contributed by atoms with Gasteiger partial charge in [0, 0.05) is 17.8 Å². The quantitative estimate of drug-likeness (QED) is 0.674. The third kappa shape index (κ3) is 5.16. The van der Waals surface area contributed by atoms with Crippen LogP contribution in [-0.4, -0.2) is 39.8 Å². The zero-order valence-electron chi connectivity index (χ0n) is 16.8. The molecule has 0 heterocycles. The molecule has 0 bridgehead atoms. The smallest absolute Gasteiger partial charge is 0.340 e. The van der Waals surface area contributed by atoms with E-state index in [1.807, 2.05) is 24.3 Å². The third-order valence-corrected chi connectivity index (χ3v) is 4.23. The highest BCUT2D eigenvalue weighted by molar-refractivity contribution is 5.99. The molecule has 7 nitrogen and oxygen atoms in total. The van der Waals surface area contributed by atoms with Gasteiger partial charge in [0.1, 0.15) is 0 Å². The fourth-order valence-corrected chi connectivity index (χ4v) is 2.64. The minimum absolute atomic E-state index is 0.0363. The summed E-state index contributed by atoms with van der Waals surface area (Å²) in [4.78, 5) is 24.4. The molecule has 2 N–H and O–H groups in total. The van der Waals surface area contributed by atoms with Crippen molar-refractivity contribution in [3.8, 4) is 11.5 Å². The first-order valence-electron chi connectivity index (χ1n) is 8.87. The van der Waals surface area contributed by atoms with Gasteiger partial charge in [0.25, 0.3) is 0 Å². The second-order valence-corrected chi connectivity index (χ2v) is 6.42. The van der Waals surface area contributed by atoms with E-state index in [2.05, 4.69) is 24.5 Å². The van der Waals surface area contributed by atoms with Crippen molar-refractivity contribution < 1.29 is 23.8 Å². The summed E-state index contributed by atoms with van der Waals surface area (Å²) < 4.78 is 15.3. The van der Waals surface area contributed by atoms with Gasteiger partial charge >= 0.3 is 5.97 Å². The molecule has 0 fully saturated rings. The number of ether oxygens (including phenoxy) is 3. The van der Waals surface area contributed by atoms with Crippen LogP contribution >= 0.6 is 0 Å². The van der Waals surface area contributed by atoms with E-state index in [-0.39, 0.29) is 18.0 Å². The van der Waals surface area contributed by atoms with E-state index in [4.69, 9.17) is 14.2 Å². The molecule has 0 spiro atoms. The van der Waals surface area contributed by atoms with Gasteiger partial charge in [0.2, 0.25) is 5.91 Å². The molecule has 0 unspecified atom stereocenters. The summed E-state index contributed by atoms with van der Waals surface area (Å²) >= 11 is 0. The van der Waals surface area contributed by atoms with Crippen molar-refractivity contribution in [3.63, 3.8) is 0 Å². The number of rotatable bonds is 8. The summed E-state index contributed by atoms with van der Waals surface area (Å²) in [5.74, 6) is 0.453. The molecule has 150 valence electrons. The van der Waals surface area contributed by atoms with E-state index in [9.17, 15) is 9.59 Å². The van der Waals surface area contributed by atoms with Crippen molar-refractivity contribution in [2.24, 2.45) is 0 Å². The Morgan fingerprint density at radius 2 is 1.57 bits per heavy atom. The lowest BCUT2D eigenvalue weighted by Crippen LogP contribution is -2.23. The van der Waals surface area contributed by atoms with Gasteiger partial charge in [-0.25, -0.2) is 4.79 Å². The molecule has 0 aliphatic heterocycles. The Morgan fingerprint density at radius 3 is 2.11 bits per heavy atom. The maximum atomic E-state index is 12.3. The summed E-state index contributed by atoms with van der Waals surface area (Å²) in [6.07, 6.45) is 0. The van der Waals surface area contributed by atoms with Gasteiger partial charge in [-0.1, -0.05) is 26.0 Å². The highest BCUT2D eigenvalue weighted by Crippen LogP contribution is 2.33. The number of carbonyl (C=O) groups excluding carboxylic acids is 2. The molecular weight excluding hydrogens is 360 g/mol. The van der Waals surface area contributed by atoms with E-state index in [0.717, 1.165) is 0 Å². The topological polar surface area (TPSA) is 85.9 Å². The maximum Gasteiger partial charge on any atom is 0.340 e. The molecule has 0 aliphatic rings. The lowest BCUT2D eigenvalue weighted by molar-refractivity contribution is -0.114. The lowest BCUT2D eigenvalue weighted by Gasteiger charge is -2.15. The Bertz CT molecular complexity index is 831. The van der Waals surface area contributed by atoms with Crippen LogP contribution in [0.1, 0.15) is 35.7 Å². The standard InChI is InChI=1S/C21H26N2O5/c1-13(2)14-6-8-15(9-7-14)23-20(24)12-22-17-11-19(27-4)18(26-3)10-16(17)21(25)28-5/h6-11,13,22H,12H2,1-5H3,(H,23,24). The fraction of sp³-hybridized carbons (Fsp3) is 0.333. The average molecular weight is 386 g/mol. The molecule has 2 aromatic rings. The van der Waals surface area contributed by atoms with Crippen LogP contribution in [0, 0.1) is 0 Å². The van der Waals surface area contributed by atoms with Crippen molar-refractivity contribution >= 4 is 23.3 Å². The van der Waals surface area contributed by atoms with Crippen LogP contribution in [0.3, 0.4) is 0 Å². The summed E-state index contributed by atoms with van der Waals surface area (Å²) in [5.41, 5.74) is 2.56. The van der Waals surface area contributed by atoms with Gasteiger partial charge in [-0.2, -0.15) is 0 Å². The van der Waals surface area contributed by atoms with Crippen LogP contribution in [0.15, 0.2) is 36.4 Å². The summed E-state index contributed by atoms with van der Waals surface area (Å²) in [6.45, 7) is 4.18. The van der Waals surface area contributed by atoms with Crippen LogP contribution in [0.2, 0.25) is 0 Å². The van der Waals surface area contributed by atoms with E-state index in [1.165, 1.54) is 33.0 Å². The summed E-state index contributed by atoms with van der Waals surface area (Å²) in [7, 11) is 4.26. The van der Waals surface area contributed by atoms with Crippen molar-refractivity contribution in [3.05, 3.63) is 47.5 Å². The van der Waals surface area contributed by atoms with E-state index < -0.39 is 5.97 Å². The molecular formula is C21H26N2O5. The van der Waals surface area contributed by atoms with E-state index >= 15 is 0 Å². The first kappa shape index (κ1) is 21.1. The number of esters is 1. The zero-order chi connectivity index (χ0) is 20.7. The Kier molecular flexibility index (Phi) is 7.26. The van der Waals surface area contributed by atoms with Gasteiger partial charge in [-0.15, -0.1) is 0 Å². The second-order valence-electron chi connectivity index (χ2n) is 6.42. The van der Waals surface area contributed by atoms with Gasteiger partial charge in [-0.05, 0) is 23.6 Å². The minimum Gasteiger partial charge on any atom is -0.493 e. The molecule has 2 rings (SSSR count). The molecule has 0 saturated carbocycles. The monoisotopic (exact) mass is 386 g/mol. The fourth-order valence-electron chi connectivity index (χ4n) is 2.64. The van der Waals surface area contributed by atoms with Crippen molar-refractivity contribution in [2.45, 2.75) is 19.8 Å². The third-order valence-electron chi connectivity index (χ3n) is 4.23. The van der Waals surface area contributed by atoms with Crippen molar-refractivity contribution in [1.29, 1.82) is 0 Å². The summed E-state index contributed by atoms with van der Waals surface area (Å²) in [6, 6.07) is 10.8. The largest absolute Gasteiger partial charge is 0.493 e. The molecule has 0 saturated heterocycles. The van der Waals surface area contributed by atoms with Crippen LogP contribution in [0.5, 0.6) is 11.5 Å². The van der Waals surface area contributed by atoms with E-state index in [0.29, 0.717) is 28.8 Å². The Labute approximate surface area is 165 Å². The van der Waals surface area contributed by atoms with Crippen molar-refractivity contribution in [2.75, 3.05) is 38.5 Å². The second kappa shape index (κ2) is 9.64. The van der Waals surface area contributed by atoms with Crippen LogP contribution in [0.25, 0.3) is 0 Å². The molecule has 0 aromatic heterocycles. The van der Waals surface area contributed by atoms with Crippen LogP contribution in [-0.2, 0) is 9.53 Å². The zero-order valence-corrected chi connectivity index (χ0v) is 16.8. The molecule has 0 aliphatic carbocycles. The first-order valence-corrected chi connectivity index (χ1v) is 8.87. The maximum absolute atomic E-state index is 12.3. The number of methoxy groups -OCH3 is 3. The molecule has 28 heavy (non-hydrogen) atoms. The van der Waals surface area contributed by atoms with Gasteiger partial charge in [0.15, 0.2) is 11.5 Å². The molecule has 0 radical (unpaired) electrons. The SMILES string of the molecule is COC(=O)c1cc(OC)c(OC)cc1NCC(=O)Nc1ccc(C(C)C)cc1. The highest BCUT2D eigenvalue weighted by Gasteiger charge is 2.18. The predicted molar refractivity (Wildman–Crippen MR) is 109 cm³/mol. The van der Waals surface area contributed by atoms with E-state index in [1.54, 1.807) is 6.07 Å². The summed E-state index contributed by atoms with van der Waals surface area (Å²) in [5, 5.41) is 5.77. The first-order chi connectivity index (χ1) is 13.4. The average Bonchev–Trinajstić information content (AvgIpc) is 2.71. The number of anilines is 2. The molecule has 7 heteroatoms. The number of hydrogen-bond donors (Lipinski definition) is 2. The highest BCUT2D eigenvalue weighted by atomic mass is 16.5. The lowest BCUT2D eigenvalue weighted by atomic mass is 10.0. The number of carbonyl (C=O) groups is 2. The van der Waals surface area contributed by atoms with Gasteiger partial charge in [0.05, 0.1) is 39.1 Å². The Morgan fingerprint density at radius 1 is 0.964 bits per heavy atom. The Hall–Kier alpha value is -3.22. The predicted octanol–water partition coefficient (Wildman–Crippen LogP) is 3.66. The molecule has 0 atom stereocenters.